The van der Waals surface area contributed by atoms with Crippen molar-refractivity contribution in [1.82, 2.24) is 0 Å². The molecule has 39 heavy (non-hydrogen) atoms. The molecule has 1 aliphatic rings. The van der Waals surface area contributed by atoms with E-state index in [1.165, 1.54) is 4.90 Å². The molecular formula is C33H37NO5. The predicted octanol–water partition coefficient (Wildman–Crippen LogP) is 7.02. The van der Waals surface area contributed by atoms with Gasteiger partial charge in [-0.25, -0.2) is 0 Å². The first-order valence-electron chi connectivity index (χ1n) is 13.2. The highest BCUT2D eigenvalue weighted by Gasteiger charge is 2.47. The van der Waals surface area contributed by atoms with Crippen molar-refractivity contribution in [2.24, 2.45) is 0 Å². The van der Waals surface area contributed by atoms with Crippen LogP contribution in [0.5, 0.6) is 11.5 Å². The highest BCUT2D eigenvalue weighted by molar-refractivity contribution is 6.51. The van der Waals surface area contributed by atoms with E-state index >= 15 is 0 Å². The van der Waals surface area contributed by atoms with Crippen LogP contribution < -0.4 is 14.4 Å². The molecule has 1 aliphatic heterocycles. The number of aliphatic hydroxyl groups excluding tert-OH is 1. The fourth-order valence-electron chi connectivity index (χ4n) is 5.13. The molecule has 1 fully saturated rings. The summed E-state index contributed by atoms with van der Waals surface area (Å²) in [6, 6.07) is 17.6. The van der Waals surface area contributed by atoms with E-state index in [1.807, 2.05) is 97.0 Å². The molecule has 1 atom stereocenters. The molecule has 0 radical (unpaired) electrons. The average Bonchev–Trinajstić information content (AvgIpc) is 3.12. The molecular weight excluding hydrogens is 490 g/mol. The maximum atomic E-state index is 13.7. The zero-order valence-electron chi connectivity index (χ0n) is 24.0. The van der Waals surface area contributed by atoms with Gasteiger partial charge in [-0.3, -0.25) is 14.5 Å². The fraction of sp³-hybridized carbons (Fsp3) is 0.333. The standard InChI is InChI=1S/C33H37NO5/c1-19(2)39-25-11-9-10-22(17-25)29-28(30(35)23-12-13-27(38-8)26(18-23)33(5,6)7)31(36)32(37)34(29)24-15-20(3)14-21(4)16-24/h9-19,29,35H,1-8H3/b30-28+. The topological polar surface area (TPSA) is 76.1 Å². The monoisotopic (exact) mass is 527 g/mol. The lowest BCUT2D eigenvalue weighted by molar-refractivity contribution is -0.132. The van der Waals surface area contributed by atoms with Crippen LogP contribution in [0, 0.1) is 13.8 Å². The van der Waals surface area contributed by atoms with Crippen molar-refractivity contribution in [2.75, 3.05) is 12.0 Å². The number of amides is 1. The molecule has 6 nitrogen and oxygen atoms in total. The smallest absolute Gasteiger partial charge is 0.300 e. The number of aryl methyl sites for hydroxylation is 2. The van der Waals surface area contributed by atoms with E-state index in [-0.39, 0.29) is 22.9 Å². The highest BCUT2D eigenvalue weighted by Crippen LogP contribution is 2.44. The number of methoxy groups -OCH3 is 1. The molecule has 1 unspecified atom stereocenters. The molecule has 0 bridgehead atoms. The molecule has 3 aromatic rings. The Bertz CT molecular complexity index is 1440. The Kier molecular flexibility index (Phi) is 7.60. The number of carbonyl (C=O) groups excluding carboxylic acids is 2. The second kappa shape index (κ2) is 10.6. The largest absolute Gasteiger partial charge is 0.507 e. The van der Waals surface area contributed by atoms with Crippen LogP contribution in [0.15, 0.2) is 66.2 Å². The van der Waals surface area contributed by atoms with Crippen LogP contribution in [-0.2, 0) is 15.0 Å². The second-order valence-corrected chi connectivity index (χ2v) is 11.4. The predicted molar refractivity (Wildman–Crippen MR) is 155 cm³/mol. The van der Waals surface area contributed by atoms with E-state index in [0.29, 0.717) is 28.3 Å². The van der Waals surface area contributed by atoms with E-state index in [1.54, 1.807) is 19.2 Å². The summed E-state index contributed by atoms with van der Waals surface area (Å²) in [5.41, 5.74) is 4.26. The summed E-state index contributed by atoms with van der Waals surface area (Å²) < 4.78 is 11.5. The van der Waals surface area contributed by atoms with Crippen LogP contribution >= 0.6 is 0 Å². The Hall–Kier alpha value is -4.06. The van der Waals surface area contributed by atoms with Gasteiger partial charge in [-0.1, -0.05) is 39.0 Å². The van der Waals surface area contributed by atoms with E-state index in [0.717, 1.165) is 16.7 Å². The summed E-state index contributed by atoms with van der Waals surface area (Å²) in [7, 11) is 1.60. The Morgan fingerprint density at radius 3 is 2.21 bits per heavy atom. The number of nitrogens with zero attached hydrogens (tertiary/aromatic N) is 1. The van der Waals surface area contributed by atoms with Crippen molar-refractivity contribution in [3.05, 3.63) is 94.1 Å². The summed E-state index contributed by atoms with van der Waals surface area (Å²) in [6.45, 7) is 13.9. The number of benzene rings is 3. The van der Waals surface area contributed by atoms with Crippen LogP contribution in [0.3, 0.4) is 0 Å². The molecule has 1 N–H and O–H groups in total. The Morgan fingerprint density at radius 1 is 0.949 bits per heavy atom. The van der Waals surface area contributed by atoms with Gasteiger partial charge in [0.25, 0.3) is 11.7 Å². The summed E-state index contributed by atoms with van der Waals surface area (Å²) in [5.74, 6) is -0.349. The Labute approximate surface area is 230 Å². The molecule has 4 rings (SSSR count). The van der Waals surface area contributed by atoms with Gasteiger partial charge >= 0.3 is 0 Å². The van der Waals surface area contributed by atoms with Crippen molar-refractivity contribution < 1.29 is 24.2 Å². The molecule has 6 heteroatoms. The van der Waals surface area contributed by atoms with Gasteiger partial charge < -0.3 is 14.6 Å². The van der Waals surface area contributed by atoms with Gasteiger partial charge in [-0.2, -0.15) is 0 Å². The van der Waals surface area contributed by atoms with Gasteiger partial charge in [-0.05, 0) is 92.3 Å². The molecule has 1 saturated heterocycles. The third-order valence-corrected chi connectivity index (χ3v) is 6.76. The number of anilines is 1. The molecule has 1 amide bonds. The van der Waals surface area contributed by atoms with Crippen LogP contribution in [0.25, 0.3) is 5.76 Å². The van der Waals surface area contributed by atoms with Gasteiger partial charge in [0.1, 0.15) is 17.3 Å². The number of ketones is 1. The lowest BCUT2D eigenvalue weighted by Crippen LogP contribution is -2.29. The highest BCUT2D eigenvalue weighted by atomic mass is 16.5. The molecule has 0 aromatic heterocycles. The Morgan fingerprint density at radius 2 is 1.62 bits per heavy atom. The number of Topliss-reactive ketones (excluding diaryl/α,β-unsaturated/α-hetero) is 1. The minimum atomic E-state index is -0.845. The lowest BCUT2D eigenvalue weighted by Gasteiger charge is -2.27. The van der Waals surface area contributed by atoms with Gasteiger partial charge in [0.05, 0.1) is 24.8 Å². The number of hydrogen-bond donors (Lipinski definition) is 1. The van der Waals surface area contributed by atoms with E-state index in [4.69, 9.17) is 9.47 Å². The van der Waals surface area contributed by atoms with E-state index in [9.17, 15) is 14.7 Å². The third kappa shape index (κ3) is 5.56. The SMILES string of the molecule is COc1ccc(/C(O)=C2\C(=O)C(=O)N(c3cc(C)cc(C)c3)C2c2cccc(OC(C)C)c2)cc1C(C)(C)C. The zero-order valence-corrected chi connectivity index (χ0v) is 24.0. The van der Waals surface area contributed by atoms with Crippen molar-refractivity contribution in [2.45, 2.75) is 66.0 Å². The van der Waals surface area contributed by atoms with Crippen molar-refractivity contribution >= 4 is 23.1 Å². The van der Waals surface area contributed by atoms with Crippen LogP contribution in [0.1, 0.15) is 68.5 Å². The maximum Gasteiger partial charge on any atom is 0.300 e. The number of hydrogen-bond acceptors (Lipinski definition) is 5. The van der Waals surface area contributed by atoms with Crippen LogP contribution in [-0.4, -0.2) is 30.0 Å². The van der Waals surface area contributed by atoms with Crippen LogP contribution in [0.2, 0.25) is 0 Å². The summed E-state index contributed by atoms with van der Waals surface area (Å²) >= 11 is 0. The van der Waals surface area contributed by atoms with Gasteiger partial charge in [-0.15, -0.1) is 0 Å². The lowest BCUT2D eigenvalue weighted by atomic mass is 9.84. The first kappa shape index (κ1) is 28.0. The molecule has 1 heterocycles. The van der Waals surface area contributed by atoms with Gasteiger partial charge in [0, 0.05) is 16.8 Å². The quantitative estimate of drug-likeness (QED) is 0.212. The molecule has 0 spiro atoms. The first-order valence-corrected chi connectivity index (χ1v) is 13.2. The molecule has 204 valence electrons. The number of ether oxygens (including phenoxy) is 2. The first-order chi connectivity index (χ1) is 18.3. The van der Waals surface area contributed by atoms with Gasteiger partial charge in [0.15, 0.2) is 0 Å². The van der Waals surface area contributed by atoms with Crippen molar-refractivity contribution in [3.8, 4) is 11.5 Å². The van der Waals surface area contributed by atoms with Crippen LogP contribution in [0.4, 0.5) is 5.69 Å². The number of aliphatic hydroxyl groups is 1. The minimum Gasteiger partial charge on any atom is -0.507 e. The summed E-state index contributed by atoms with van der Waals surface area (Å²) in [6.07, 6.45) is -0.0545. The minimum absolute atomic E-state index is 0.0332. The third-order valence-electron chi connectivity index (χ3n) is 6.76. The zero-order chi connectivity index (χ0) is 28.6. The molecule has 0 saturated carbocycles. The molecule has 0 aliphatic carbocycles. The normalized spacial score (nSPS) is 17.2. The number of rotatable bonds is 6. The summed E-state index contributed by atoms with van der Waals surface area (Å²) in [4.78, 5) is 28.8. The van der Waals surface area contributed by atoms with Crippen molar-refractivity contribution in [1.29, 1.82) is 0 Å². The Balaban J connectivity index is 1.98. The average molecular weight is 528 g/mol. The van der Waals surface area contributed by atoms with Gasteiger partial charge in [0.2, 0.25) is 0 Å². The summed E-state index contributed by atoms with van der Waals surface area (Å²) in [5, 5.41) is 11.7. The van der Waals surface area contributed by atoms with Crippen molar-refractivity contribution in [3.63, 3.8) is 0 Å². The van der Waals surface area contributed by atoms with E-state index < -0.39 is 17.7 Å². The molecule has 3 aromatic carbocycles. The fourth-order valence-corrected chi connectivity index (χ4v) is 5.13. The van der Waals surface area contributed by atoms with E-state index in [2.05, 4.69) is 0 Å². The maximum absolute atomic E-state index is 13.7. The second-order valence-electron chi connectivity index (χ2n) is 11.4. The number of carbonyl (C=O) groups is 2.